The summed E-state index contributed by atoms with van der Waals surface area (Å²) < 4.78 is 31.5. The molecule has 11 heteroatoms. The molecule has 1 heterocycles. The highest BCUT2D eigenvalue weighted by Gasteiger charge is 2.54. The Morgan fingerprint density at radius 3 is 2.82 bits per heavy atom. The van der Waals surface area contributed by atoms with Gasteiger partial charge in [-0.05, 0) is 13.0 Å². The molecule has 124 valence electrons. The highest BCUT2D eigenvalue weighted by molar-refractivity contribution is 7.51. The molecule has 0 aromatic carbocycles. The largest absolute Gasteiger partial charge is 0.387 e. The Hall–Kier alpha value is -1.32. The van der Waals surface area contributed by atoms with Gasteiger partial charge in [-0.3, -0.25) is 9.13 Å². The van der Waals surface area contributed by atoms with Crippen LogP contribution >= 0.6 is 7.60 Å². The zero-order chi connectivity index (χ0) is 16.7. The van der Waals surface area contributed by atoms with Crippen LogP contribution in [0, 0.1) is 0 Å². The Labute approximate surface area is 124 Å². The monoisotopic (exact) mass is 337 g/mol. The minimum atomic E-state index is -4.45. The van der Waals surface area contributed by atoms with Gasteiger partial charge < -0.3 is 25.4 Å². The molecule has 1 aromatic rings. The molecule has 0 bridgehead atoms. The molecule has 0 radical (unpaired) electrons. The standard InChI is InChI=1S/C11H17FN3O6P/c1-11(12)7(15-3-2-8(13)14-10(15)17)4-6(9(11)16)21-5-22(18,19)20/h2-3,6-7,9,16H,4-5H2,1H3,(H2,13,14,17)(H2,18,19,20). The van der Waals surface area contributed by atoms with Crippen LogP contribution in [0.25, 0.3) is 0 Å². The molecule has 0 saturated heterocycles. The van der Waals surface area contributed by atoms with Gasteiger partial charge in [0.25, 0.3) is 0 Å². The van der Waals surface area contributed by atoms with Crippen molar-refractivity contribution in [3.05, 3.63) is 22.7 Å². The topological polar surface area (TPSA) is 148 Å². The molecule has 1 aromatic heterocycles. The second kappa shape index (κ2) is 5.71. The van der Waals surface area contributed by atoms with Gasteiger partial charge in [0.2, 0.25) is 0 Å². The number of aliphatic hydroxyl groups is 1. The molecule has 4 unspecified atom stereocenters. The van der Waals surface area contributed by atoms with Crippen molar-refractivity contribution in [3.8, 4) is 0 Å². The fraction of sp³-hybridized carbons (Fsp3) is 0.636. The van der Waals surface area contributed by atoms with Gasteiger partial charge in [-0.1, -0.05) is 0 Å². The number of nitrogens with zero attached hydrogens (tertiary/aromatic N) is 2. The average molecular weight is 337 g/mol. The van der Waals surface area contributed by atoms with E-state index in [9.17, 15) is 18.9 Å². The Balaban J connectivity index is 2.26. The molecular formula is C11H17FN3O6P. The van der Waals surface area contributed by atoms with Crippen molar-refractivity contribution in [2.75, 3.05) is 12.1 Å². The Bertz CT molecular complexity index is 659. The lowest BCUT2D eigenvalue weighted by molar-refractivity contribution is -0.0601. The molecule has 0 spiro atoms. The van der Waals surface area contributed by atoms with E-state index in [-0.39, 0.29) is 12.2 Å². The van der Waals surface area contributed by atoms with E-state index < -0.39 is 43.6 Å². The second-order valence-electron chi connectivity index (χ2n) is 5.39. The number of hydrogen-bond acceptors (Lipinski definition) is 6. The van der Waals surface area contributed by atoms with E-state index in [1.54, 1.807) is 0 Å². The van der Waals surface area contributed by atoms with Gasteiger partial charge in [0.1, 0.15) is 18.3 Å². The number of nitrogen functional groups attached to an aromatic ring is 1. The van der Waals surface area contributed by atoms with Crippen molar-refractivity contribution in [2.24, 2.45) is 0 Å². The Morgan fingerprint density at radius 1 is 1.64 bits per heavy atom. The third-order valence-electron chi connectivity index (χ3n) is 3.68. The Morgan fingerprint density at radius 2 is 2.27 bits per heavy atom. The quantitative estimate of drug-likeness (QED) is 0.531. The molecule has 1 saturated carbocycles. The molecule has 2 rings (SSSR count). The maximum absolute atomic E-state index is 14.8. The number of nitrogens with two attached hydrogens (primary N) is 1. The van der Waals surface area contributed by atoms with E-state index in [0.29, 0.717) is 0 Å². The van der Waals surface area contributed by atoms with E-state index in [0.717, 1.165) is 11.5 Å². The zero-order valence-corrected chi connectivity index (χ0v) is 12.6. The van der Waals surface area contributed by atoms with Gasteiger partial charge in [0.05, 0.1) is 12.1 Å². The number of aromatic nitrogens is 2. The number of hydrogen-bond donors (Lipinski definition) is 4. The van der Waals surface area contributed by atoms with Gasteiger partial charge in [-0.15, -0.1) is 0 Å². The summed E-state index contributed by atoms with van der Waals surface area (Å²) in [5.41, 5.74) is 2.35. The predicted molar refractivity (Wildman–Crippen MR) is 73.9 cm³/mol. The summed E-state index contributed by atoms with van der Waals surface area (Å²) in [6, 6.07) is 0.220. The molecule has 5 N–H and O–H groups in total. The van der Waals surface area contributed by atoms with Gasteiger partial charge in [-0.25, -0.2) is 9.18 Å². The number of ether oxygens (including phenoxy) is 1. The van der Waals surface area contributed by atoms with E-state index in [1.807, 2.05) is 0 Å². The number of halogens is 1. The van der Waals surface area contributed by atoms with Crippen molar-refractivity contribution in [2.45, 2.75) is 37.3 Å². The maximum Gasteiger partial charge on any atom is 0.350 e. The van der Waals surface area contributed by atoms with Crippen LogP contribution < -0.4 is 11.4 Å². The van der Waals surface area contributed by atoms with E-state index in [1.165, 1.54) is 12.3 Å². The molecule has 1 fully saturated rings. The number of aliphatic hydroxyl groups excluding tert-OH is 1. The molecule has 0 aliphatic heterocycles. The van der Waals surface area contributed by atoms with Crippen LogP contribution in [0.15, 0.2) is 17.1 Å². The first-order valence-corrected chi connectivity index (χ1v) is 8.20. The SMILES string of the molecule is CC1(F)C(O)C(OCP(=O)(O)O)CC1n1ccc(N)nc1=O. The van der Waals surface area contributed by atoms with Crippen LogP contribution in [0.3, 0.4) is 0 Å². The minimum Gasteiger partial charge on any atom is -0.387 e. The van der Waals surface area contributed by atoms with E-state index >= 15 is 0 Å². The summed E-state index contributed by atoms with van der Waals surface area (Å²) in [6.07, 6.45) is -2.62. The van der Waals surface area contributed by atoms with Crippen LogP contribution in [-0.4, -0.2) is 48.7 Å². The van der Waals surface area contributed by atoms with Crippen molar-refractivity contribution in [1.29, 1.82) is 0 Å². The van der Waals surface area contributed by atoms with E-state index in [2.05, 4.69) is 4.98 Å². The van der Waals surface area contributed by atoms with Crippen LogP contribution in [0.5, 0.6) is 0 Å². The van der Waals surface area contributed by atoms with Crippen LogP contribution in [0.1, 0.15) is 19.4 Å². The maximum atomic E-state index is 14.8. The number of alkyl halides is 1. The van der Waals surface area contributed by atoms with Crippen molar-refractivity contribution in [1.82, 2.24) is 9.55 Å². The van der Waals surface area contributed by atoms with Gasteiger partial charge in [0, 0.05) is 12.6 Å². The van der Waals surface area contributed by atoms with Crippen molar-refractivity contribution < 1.29 is 28.6 Å². The average Bonchev–Trinajstić information content (AvgIpc) is 2.59. The second-order valence-corrected chi connectivity index (χ2v) is 6.98. The number of anilines is 1. The molecule has 9 nitrogen and oxygen atoms in total. The molecule has 0 amide bonds. The molecule has 4 atom stereocenters. The number of rotatable bonds is 4. The summed E-state index contributed by atoms with van der Waals surface area (Å²) in [4.78, 5) is 32.9. The van der Waals surface area contributed by atoms with Gasteiger partial charge >= 0.3 is 13.3 Å². The van der Waals surface area contributed by atoms with Gasteiger partial charge in [-0.2, -0.15) is 4.98 Å². The fourth-order valence-corrected chi connectivity index (χ4v) is 2.93. The lowest BCUT2D eigenvalue weighted by Crippen LogP contribution is -2.42. The summed E-state index contributed by atoms with van der Waals surface area (Å²) >= 11 is 0. The van der Waals surface area contributed by atoms with Crippen molar-refractivity contribution >= 4 is 13.4 Å². The lowest BCUT2D eigenvalue weighted by atomic mass is 10.0. The first-order chi connectivity index (χ1) is 10.0. The first-order valence-electron chi connectivity index (χ1n) is 6.40. The smallest absolute Gasteiger partial charge is 0.350 e. The summed E-state index contributed by atoms with van der Waals surface area (Å²) in [5.74, 6) is -0.0188. The zero-order valence-electron chi connectivity index (χ0n) is 11.7. The summed E-state index contributed by atoms with van der Waals surface area (Å²) in [5, 5.41) is 9.98. The highest BCUT2D eigenvalue weighted by atomic mass is 31.2. The fourth-order valence-electron chi connectivity index (χ4n) is 2.54. The molecule has 1 aliphatic rings. The van der Waals surface area contributed by atoms with Crippen LogP contribution in [0.2, 0.25) is 0 Å². The molecular weight excluding hydrogens is 320 g/mol. The summed E-state index contributed by atoms with van der Waals surface area (Å²) in [7, 11) is -4.45. The predicted octanol–water partition coefficient (Wildman–Crippen LogP) is -0.620. The normalized spacial score (nSPS) is 32.3. The summed E-state index contributed by atoms with van der Waals surface area (Å²) in [6.45, 7) is 1.09. The van der Waals surface area contributed by atoms with Crippen LogP contribution in [0.4, 0.5) is 10.2 Å². The van der Waals surface area contributed by atoms with Crippen molar-refractivity contribution in [3.63, 3.8) is 0 Å². The minimum absolute atomic E-state index is 0.0188. The molecule has 22 heavy (non-hydrogen) atoms. The van der Waals surface area contributed by atoms with E-state index in [4.69, 9.17) is 20.3 Å². The molecule has 1 aliphatic carbocycles. The van der Waals surface area contributed by atoms with Crippen LogP contribution in [-0.2, 0) is 9.30 Å². The lowest BCUT2D eigenvalue weighted by Gasteiger charge is -2.27. The third-order valence-corrected chi connectivity index (χ3v) is 4.17. The highest BCUT2D eigenvalue weighted by Crippen LogP contribution is 2.45. The first kappa shape index (κ1) is 17.0. The Kier molecular flexibility index (Phi) is 4.42. The van der Waals surface area contributed by atoms with Gasteiger partial charge in [0.15, 0.2) is 5.67 Å². The third kappa shape index (κ3) is 3.36.